The summed E-state index contributed by atoms with van der Waals surface area (Å²) in [5, 5.41) is 10.8. The molecule has 4 rings (SSSR count). The summed E-state index contributed by atoms with van der Waals surface area (Å²) in [6.07, 6.45) is 2.21. The van der Waals surface area contributed by atoms with Crippen molar-refractivity contribution in [3.8, 4) is 0 Å². The average molecular weight is 434 g/mol. The van der Waals surface area contributed by atoms with Crippen LogP contribution in [0.4, 0.5) is 15.8 Å². The van der Waals surface area contributed by atoms with Gasteiger partial charge in [-0.2, -0.15) is 0 Å². The zero-order valence-corrected chi connectivity index (χ0v) is 18.0. The molecule has 0 unspecified atom stereocenters. The van der Waals surface area contributed by atoms with Gasteiger partial charge >= 0.3 is 0 Å². The Morgan fingerprint density at radius 1 is 1.03 bits per heavy atom. The van der Waals surface area contributed by atoms with Crippen molar-refractivity contribution in [2.24, 2.45) is 0 Å². The lowest BCUT2D eigenvalue weighted by Crippen LogP contribution is -2.47. The van der Waals surface area contributed by atoms with Crippen molar-refractivity contribution >= 4 is 21.4 Å². The molecule has 8 heteroatoms. The summed E-state index contributed by atoms with van der Waals surface area (Å²) >= 11 is 0. The van der Waals surface area contributed by atoms with E-state index in [9.17, 15) is 17.9 Å². The predicted molar refractivity (Wildman–Crippen MR) is 117 cm³/mol. The summed E-state index contributed by atoms with van der Waals surface area (Å²) < 4.78 is 38.6. The van der Waals surface area contributed by atoms with Crippen LogP contribution in [0.5, 0.6) is 0 Å². The first kappa shape index (κ1) is 21.1. The van der Waals surface area contributed by atoms with Crippen LogP contribution in [0.1, 0.15) is 23.7 Å². The smallest absolute Gasteiger partial charge is 0.232 e. The summed E-state index contributed by atoms with van der Waals surface area (Å²) in [5.41, 5.74) is 3.55. The maximum Gasteiger partial charge on any atom is 0.232 e. The van der Waals surface area contributed by atoms with Crippen molar-refractivity contribution in [2.75, 3.05) is 54.7 Å². The largest absolute Gasteiger partial charge is 0.387 e. The number of halogens is 1. The SMILES string of the molecule is CS(=O)(=O)N1CCCc2cc([C@@H](O)CN3CCN(c4ccc(F)cc4)CC3)ccc21. The number of benzene rings is 2. The van der Waals surface area contributed by atoms with E-state index in [1.165, 1.54) is 22.7 Å². The molecule has 0 bridgehead atoms. The zero-order valence-electron chi connectivity index (χ0n) is 17.2. The van der Waals surface area contributed by atoms with E-state index in [4.69, 9.17) is 0 Å². The van der Waals surface area contributed by atoms with Gasteiger partial charge in [-0.05, 0) is 54.3 Å². The summed E-state index contributed by atoms with van der Waals surface area (Å²) in [7, 11) is -3.29. The van der Waals surface area contributed by atoms with Gasteiger partial charge in [0.1, 0.15) is 5.82 Å². The van der Waals surface area contributed by atoms with Crippen LogP contribution in [0.2, 0.25) is 0 Å². The van der Waals surface area contributed by atoms with Crippen LogP contribution in [0.25, 0.3) is 0 Å². The van der Waals surface area contributed by atoms with E-state index in [1.54, 1.807) is 12.1 Å². The number of β-amino-alcohol motifs (C(OH)–C–C–N with tert-alkyl or cyclic N) is 1. The third kappa shape index (κ3) is 4.61. The molecule has 0 amide bonds. The van der Waals surface area contributed by atoms with Gasteiger partial charge < -0.3 is 10.0 Å². The third-order valence-electron chi connectivity index (χ3n) is 5.96. The van der Waals surface area contributed by atoms with Gasteiger partial charge in [0, 0.05) is 45.0 Å². The van der Waals surface area contributed by atoms with Crippen molar-refractivity contribution in [1.29, 1.82) is 0 Å². The van der Waals surface area contributed by atoms with Crippen LogP contribution in [0.3, 0.4) is 0 Å². The number of nitrogens with zero attached hydrogens (tertiary/aromatic N) is 3. The molecule has 0 radical (unpaired) electrons. The fraction of sp³-hybridized carbons (Fsp3) is 0.455. The zero-order chi connectivity index (χ0) is 21.3. The molecule has 2 aromatic rings. The van der Waals surface area contributed by atoms with Gasteiger partial charge in [0.05, 0.1) is 18.0 Å². The molecule has 6 nitrogen and oxygen atoms in total. The predicted octanol–water partition coefficient (Wildman–Crippen LogP) is 2.39. The average Bonchev–Trinajstić information content (AvgIpc) is 2.73. The molecular weight excluding hydrogens is 405 g/mol. The Morgan fingerprint density at radius 2 is 1.73 bits per heavy atom. The highest BCUT2D eigenvalue weighted by Crippen LogP contribution is 2.31. The van der Waals surface area contributed by atoms with E-state index in [-0.39, 0.29) is 5.82 Å². The van der Waals surface area contributed by atoms with Crippen molar-refractivity contribution in [2.45, 2.75) is 18.9 Å². The van der Waals surface area contributed by atoms with Crippen molar-refractivity contribution < 1.29 is 17.9 Å². The summed E-state index contributed by atoms with van der Waals surface area (Å²) in [6.45, 7) is 4.33. The Morgan fingerprint density at radius 3 is 2.40 bits per heavy atom. The number of hydrogen-bond acceptors (Lipinski definition) is 5. The van der Waals surface area contributed by atoms with Crippen LogP contribution >= 0.6 is 0 Å². The van der Waals surface area contributed by atoms with E-state index in [2.05, 4.69) is 9.80 Å². The molecular formula is C22H28FN3O3S. The van der Waals surface area contributed by atoms with E-state index in [0.29, 0.717) is 13.1 Å². The van der Waals surface area contributed by atoms with E-state index in [0.717, 1.165) is 61.5 Å². The lowest BCUT2D eigenvalue weighted by Gasteiger charge is -2.37. The minimum absolute atomic E-state index is 0.231. The fourth-order valence-corrected chi connectivity index (χ4v) is 5.32. The number of aliphatic hydroxyl groups is 1. The number of piperazine rings is 1. The van der Waals surface area contributed by atoms with Gasteiger partial charge in [-0.15, -0.1) is 0 Å². The highest BCUT2D eigenvalue weighted by Gasteiger charge is 2.26. The fourth-order valence-electron chi connectivity index (χ4n) is 4.32. The third-order valence-corrected chi connectivity index (χ3v) is 7.14. The number of hydrogen-bond donors (Lipinski definition) is 1. The number of fused-ring (bicyclic) bond motifs is 1. The second-order valence-corrected chi connectivity index (χ2v) is 10.0. The molecule has 0 saturated carbocycles. The van der Waals surface area contributed by atoms with Gasteiger partial charge in [-0.3, -0.25) is 9.21 Å². The maximum absolute atomic E-state index is 13.1. The number of aliphatic hydroxyl groups excluding tert-OH is 1. The van der Waals surface area contributed by atoms with Gasteiger partial charge in [-0.1, -0.05) is 12.1 Å². The molecule has 162 valence electrons. The van der Waals surface area contributed by atoms with E-state index >= 15 is 0 Å². The van der Waals surface area contributed by atoms with Gasteiger partial charge in [0.2, 0.25) is 10.0 Å². The van der Waals surface area contributed by atoms with Crippen molar-refractivity contribution in [3.63, 3.8) is 0 Å². The molecule has 0 aliphatic carbocycles. The van der Waals surface area contributed by atoms with Crippen LogP contribution in [-0.4, -0.2) is 63.9 Å². The molecule has 1 saturated heterocycles. The molecule has 0 aromatic heterocycles. The molecule has 1 fully saturated rings. The topological polar surface area (TPSA) is 64.1 Å². The normalized spacial score (nSPS) is 18.9. The second kappa shape index (κ2) is 8.53. The number of rotatable bonds is 5. The maximum atomic E-state index is 13.1. The quantitative estimate of drug-likeness (QED) is 0.785. The Kier molecular flexibility index (Phi) is 5.99. The Balaban J connectivity index is 1.38. The summed E-state index contributed by atoms with van der Waals surface area (Å²) in [5.74, 6) is -0.231. The van der Waals surface area contributed by atoms with Crippen molar-refractivity contribution in [1.82, 2.24) is 4.90 Å². The summed E-state index contributed by atoms with van der Waals surface area (Å²) in [4.78, 5) is 4.45. The lowest BCUT2D eigenvalue weighted by molar-refractivity contribution is 0.109. The standard InChI is InChI=1S/C22H28FN3O3S/c1-30(28,29)26-10-2-3-17-15-18(4-9-21(17)26)22(27)16-24-11-13-25(14-12-24)20-7-5-19(23)6-8-20/h4-9,15,22,27H,2-3,10-14,16H2,1H3/t22-/m0/s1. The number of aryl methyl sites for hydroxylation is 1. The molecule has 1 N–H and O–H groups in total. The monoisotopic (exact) mass is 433 g/mol. The lowest BCUT2D eigenvalue weighted by atomic mass is 9.98. The first-order valence-electron chi connectivity index (χ1n) is 10.3. The minimum Gasteiger partial charge on any atom is -0.387 e. The minimum atomic E-state index is -3.29. The highest BCUT2D eigenvalue weighted by molar-refractivity contribution is 7.92. The van der Waals surface area contributed by atoms with Crippen molar-refractivity contribution in [3.05, 3.63) is 59.4 Å². The van der Waals surface area contributed by atoms with E-state index < -0.39 is 16.1 Å². The van der Waals surface area contributed by atoms with Crippen LogP contribution in [0, 0.1) is 5.82 Å². The van der Waals surface area contributed by atoms with Crippen LogP contribution in [0.15, 0.2) is 42.5 Å². The molecule has 2 aliphatic rings. The number of sulfonamides is 1. The Hall–Kier alpha value is -2.16. The molecule has 30 heavy (non-hydrogen) atoms. The van der Waals surface area contributed by atoms with E-state index in [1.807, 2.05) is 18.2 Å². The van der Waals surface area contributed by atoms with Crippen LogP contribution in [-0.2, 0) is 16.4 Å². The molecule has 0 spiro atoms. The number of anilines is 2. The first-order chi connectivity index (χ1) is 14.3. The van der Waals surface area contributed by atoms with Gasteiger partial charge in [-0.25, -0.2) is 12.8 Å². The molecule has 2 aliphatic heterocycles. The molecule has 2 heterocycles. The van der Waals surface area contributed by atoms with Gasteiger partial charge in [0.15, 0.2) is 0 Å². The second-order valence-electron chi connectivity index (χ2n) is 8.11. The molecule has 2 aromatic carbocycles. The van der Waals surface area contributed by atoms with Crippen LogP contribution < -0.4 is 9.21 Å². The molecule has 1 atom stereocenters. The summed E-state index contributed by atoms with van der Waals surface area (Å²) in [6, 6.07) is 12.2. The van der Waals surface area contributed by atoms with Gasteiger partial charge in [0.25, 0.3) is 0 Å². The Labute approximate surface area is 177 Å². The Bertz CT molecular complexity index is 989. The highest BCUT2D eigenvalue weighted by atomic mass is 32.2. The first-order valence-corrected chi connectivity index (χ1v) is 12.2.